The van der Waals surface area contributed by atoms with Gasteiger partial charge in [0.15, 0.2) is 11.5 Å². The van der Waals surface area contributed by atoms with E-state index in [0.29, 0.717) is 5.82 Å². The maximum absolute atomic E-state index is 11.3. The first kappa shape index (κ1) is 8.54. The number of nitrogens with one attached hydrogen (secondary N) is 1. The van der Waals surface area contributed by atoms with Crippen molar-refractivity contribution < 1.29 is 0 Å². The molecule has 0 aromatic rings. The van der Waals surface area contributed by atoms with Crippen LogP contribution in [-0.4, -0.2) is 24.7 Å². The van der Waals surface area contributed by atoms with Crippen LogP contribution in [0.2, 0.25) is 0 Å². The number of aryl methyl sites for hydroxylation is 2. The van der Waals surface area contributed by atoms with Gasteiger partial charge in [0.25, 0.3) is 5.56 Å². The summed E-state index contributed by atoms with van der Waals surface area (Å²) in [6, 6.07) is 0. The number of hydrogen-bond acceptors (Lipinski definition) is 5. The van der Waals surface area contributed by atoms with E-state index in [0.717, 1.165) is 0 Å². The number of hydrogen-bond donors (Lipinski definition) is 1. The summed E-state index contributed by atoms with van der Waals surface area (Å²) >= 11 is 0. The van der Waals surface area contributed by atoms with Crippen LogP contribution in [0.5, 0.6) is 0 Å². The highest BCUT2D eigenvalue weighted by Crippen LogP contribution is 2.06. The van der Waals surface area contributed by atoms with Crippen molar-refractivity contribution in [2.24, 2.45) is 7.05 Å². The minimum Gasteiger partial charge on any atom is -0.271 e. The number of fused-ring (bicyclic) bond motifs is 1. The van der Waals surface area contributed by atoms with Gasteiger partial charge in [-0.1, -0.05) is 0 Å². The lowest BCUT2D eigenvalue weighted by molar-refractivity contribution is 0.679. The maximum atomic E-state index is 11.3. The van der Waals surface area contributed by atoms with E-state index in [4.69, 9.17) is 0 Å². The second-order valence-electron chi connectivity index (χ2n) is 2.83. The summed E-state index contributed by atoms with van der Waals surface area (Å²) < 4.78 is 1.36. The summed E-state index contributed by atoms with van der Waals surface area (Å²) in [6.07, 6.45) is 0. The van der Waals surface area contributed by atoms with Gasteiger partial charge in [0, 0.05) is 7.05 Å². The lowest BCUT2D eigenvalue weighted by atomic mass is 10.4. The van der Waals surface area contributed by atoms with Gasteiger partial charge in [-0.2, -0.15) is 10.1 Å². The predicted octanol–water partition coefficient (Wildman–Crippen LogP) is -1.33. The zero-order chi connectivity index (χ0) is 10.3. The Morgan fingerprint density at radius 3 is 2.71 bits per heavy atom. The van der Waals surface area contributed by atoms with Crippen molar-refractivity contribution in [2.45, 2.75) is 6.92 Å². The smallest absolute Gasteiger partial charge is 0.271 e. The molecule has 2 rings (SSSR count). The molecule has 0 fully saturated rings. The zero-order valence-electron chi connectivity index (χ0n) is 7.61. The Hall–Kier alpha value is -2.05. The van der Waals surface area contributed by atoms with E-state index in [1.54, 1.807) is 14.0 Å². The highest BCUT2D eigenvalue weighted by molar-refractivity contribution is 5.47. The first-order valence-electron chi connectivity index (χ1n) is 3.90. The first-order valence-corrected chi connectivity index (χ1v) is 3.90. The SMILES string of the molecule is Cc1nc2c(=O)[nH]c(=O)nc-2n(C)n1. The minimum absolute atomic E-state index is 0.125. The fraction of sp³-hybridized carbons (Fsp3) is 0.286. The number of aromatic amines is 1. The third kappa shape index (κ3) is 1.18. The Balaban J connectivity index is 3.00. The Morgan fingerprint density at radius 1 is 1.29 bits per heavy atom. The molecule has 0 aliphatic carbocycles. The topological polar surface area (TPSA) is 93.5 Å². The Labute approximate surface area is 77.8 Å². The third-order valence-electron chi connectivity index (χ3n) is 1.73. The highest BCUT2D eigenvalue weighted by Gasteiger charge is 2.14. The quantitative estimate of drug-likeness (QED) is 0.559. The second kappa shape index (κ2) is 2.72. The molecule has 14 heavy (non-hydrogen) atoms. The Bertz CT molecular complexity index is 569. The van der Waals surface area contributed by atoms with E-state index < -0.39 is 11.2 Å². The van der Waals surface area contributed by atoms with Crippen molar-refractivity contribution in [1.82, 2.24) is 24.7 Å². The van der Waals surface area contributed by atoms with Crippen LogP contribution in [0, 0.1) is 6.92 Å². The van der Waals surface area contributed by atoms with Crippen LogP contribution in [0.3, 0.4) is 0 Å². The summed E-state index contributed by atoms with van der Waals surface area (Å²) in [5, 5.41) is 3.94. The molecule has 0 amide bonds. The van der Waals surface area contributed by atoms with Gasteiger partial charge in [-0.05, 0) is 6.92 Å². The predicted molar refractivity (Wildman–Crippen MR) is 47.0 cm³/mol. The summed E-state index contributed by atoms with van der Waals surface area (Å²) in [6.45, 7) is 1.66. The molecule has 0 saturated heterocycles. The molecule has 2 aliphatic heterocycles. The number of rotatable bonds is 0. The highest BCUT2D eigenvalue weighted by atomic mass is 16.2. The van der Waals surface area contributed by atoms with Crippen LogP contribution in [-0.2, 0) is 7.05 Å². The van der Waals surface area contributed by atoms with Crippen LogP contribution in [0.1, 0.15) is 5.82 Å². The average Bonchev–Trinajstić information content (AvgIpc) is 2.07. The molecule has 0 radical (unpaired) electrons. The monoisotopic (exact) mass is 193 g/mol. The molecule has 0 atom stereocenters. The lowest BCUT2D eigenvalue weighted by Crippen LogP contribution is -2.29. The van der Waals surface area contributed by atoms with Gasteiger partial charge >= 0.3 is 5.69 Å². The van der Waals surface area contributed by atoms with Crippen LogP contribution < -0.4 is 11.2 Å². The van der Waals surface area contributed by atoms with Gasteiger partial charge in [0.1, 0.15) is 5.82 Å². The number of nitrogens with zero attached hydrogens (tertiary/aromatic N) is 4. The van der Waals surface area contributed by atoms with Gasteiger partial charge in [-0.15, -0.1) is 0 Å². The summed E-state index contributed by atoms with van der Waals surface area (Å²) in [4.78, 5) is 31.8. The normalized spacial score (nSPS) is 10.7. The molecule has 0 aromatic carbocycles. The van der Waals surface area contributed by atoms with Crippen molar-refractivity contribution in [2.75, 3.05) is 0 Å². The van der Waals surface area contributed by atoms with E-state index in [-0.39, 0.29) is 11.5 Å². The standard InChI is InChI=1S/C7H7N5O2/c1-3-8-4-5(12(2)11-3)9-7(14)10-6(4)13/h1-2H3,(H,10,13,14). The zero-order valence-corrected chi connectivity index (χ0v) is 7.61. The van der Waals surface area contributed by atoms with E-state index in [9.17, 15) is 9.59 Å². The van der Waals surface area contributed by atoms with Crippen LogP contribution >= 0.6 is 0 Å². The fourth-order valence-electron chi connectivity index (χ4n) is 1.21. The van der Waals surface area contributed by atoms with E-state index in [1.807, 2.05) is 4.98 Å². The molecule has 7 heteroatoms. The third-order valence-corrected chi connectivity index (χ3v) is 1.73. The summed E-state index contributed by atoms with van der Waals surface area (Å²) in [7, 11) is 1.60. The number of aromatic nitrogens is 5. The fourth-order valence-corrected chi connectivity index (χ4v) is 1.21. The largest absolute Gasteiger partial charge is 0.349 e. The second-order valence-corrected chi connectivity index (χ2v) is 2.83. The molecule has 2 aliphatic rings. The first-order chi connectivity index (χ1) is 6.58. The van der Waals surface area contributed by atoms with E-state index in [1.165, 1.54) is 4.68 Å². The molecular formula is C7H7N5O2. The van der Waals surface area contributed by atoms with Crippen molar-refractivity contribution in [1.29, 1.82) is 0 Å². The lowest BCUT2D eigenvalue weighted by Gasteiger charge is -2.06. The summed E-state index contributed by atoms with van der Waals surface area (Å²) in [5.41, 5.74) is -1.11. The van der Waals surface area contributed by atoms with E-state index in [2.05, 4.69) is 15.1 Å². The minimum atomic E-state index is -0.689. The average molecular weight is 193 g/mol. The molecule has 0 unspecified atom stereocenters. The van der Waals surface area contributed by atoms with Gasteiger partial charge in [-0.25, -0.2) is 14.5 Å². The van der Waals surface area contributed by atoms with Crippen LogP contribution in [0.15, 0.2) is 9.59 Å². The van der Waals surface area contributed by atoms with Crippen molar-refractivity contribution in [3.8, 4) is 11.5 Å². The molecule has 1 N–H and O–H groups in total. The van der Waals surface area contributed by atoms with Gasteiger partial charge in [-0.3, -0.25) is 9.78 Å². The molecule has 0 spiro atoms. The van der Waals surface area contributed by atoms with Gasteiger partial charge < -0.3 is 0 Å². The molecule has 72 valence electrons. The molecule has 0 aromatic heterocycles. The van der Waals surface area contributed by atoms with Crippen LogP contribution in [0.4, 0.5) is 0 Å². The Morgan fingerprint density at radius 2 is 2.00 bits per heavy atom. The summed E-state index contributed by atoms with van der Waals surface area (Å²) in [5.74, 6) is 0.635. The van der Waals surface area contributed by atoms with Crippen molar-refractivity contribution in [3.05, 3.63) is 26.7 Å². The van der Waals surface area contributed by atoms with Crippen molar-refractivity contribution >= 4 is 0 Å². The number of H-pyrrole nitrogens is 1. The molecule has 0 saturated carbocycles. The molecule has 0 bridgehead atoms. The van der Waals surface area contributed by atoms with Crippen LogP contribution in [0.25, 0.3) is 11.5 Å². The van der Waals surface area contributed by atoms with Gasteiger partial charge in [0.05, 0.1) is 0 Å². The van der Waals surface area contributed by atoms with Gasteiger partial charge in [0.2, 0.25) is 0 Å². The molecular weight excluding hydrogens is 186 g/mol. The maximum Gasteiger partial charge on any atom is 0.349 e. The Kier molecular flexibility index (Phi) is 1.66. The van der Waals surface area contributed by atoms with E-state index >= 15 is 0 Å². The molecule has 2 heterocycles. The van der Waals surface area contributed by atoms with Crippen molar-refractivity contribution in [3.63, 3.8) is 0 Å². The molecule has 7 nitrogen and oxygen atoms in total.